The van der Waals surface area contributed by atoms with E-state index < -0.39 is 9.84 Å². The van der Waals surface area contributed by atoms with E-state index in [0.29, 0.717) is 17.5 Å². The first-order valence-corrected chi connectivity index (χ1v) is 23.1. The van der Waals surface area contributed by atoms with Crippen molar-refractivity contribution in [2.75, 3.05) is 17.7 Å². The van der Waals surface area contributed by atoms with E-state index in [-0.39, 0.29) is 5.75 Å². The van der Waals surface area contributed by atoms with Crippen LogP contribution in [0.25, 0.3) is 12.2 Å². The van der Waals surface area contributed by atoms with Gasteiger partial charge in [-0.2, -0.15) is 0 Å². The van der Waals surface area contributed by atoms with Crippen molar-refractivity contribution in [1.82, 2.24) is 0 Å². The quantitative estimate of drug-likeness (QED) is 0.0557. The standard InChI is InChI=1S/C46H77NO3S/c1-3-5-6-7-8-9-10-11-12-13-14-17-20-23-26-29-44(4-2)47-45-36-32-42(33-37-45)30-31-43-34-38-46(39-35-43)51(49,50)41-28-25-22-19-16-15-18-21-24-27-40-48/h30-39,44,47-48H,3-29,40-41H2,1-2H3. The molecule has 51 heavy (non-hydrogen) atoms. The molecular formula is C46H77NO3S. The monoisotopic (exact) mass is 724 g/mol. The average Bonchev–Trinajstić information content (AvgIpc) is 3.14. The normalized spacial score (nSPS) is 12.5. The van der Waals surface area contributed by atoms with Crippen LogP contribution in [0.1, 0.15) is 198 Å². The average molecular weight is 724 g/mol. The molecular weight excluding hydrogens is 647 g/mol. The molecule has 0 heterocycles. The Morgan fingerprint density at radius 2 is 0.922 bits per heavy atom. The van der Waals surface area contributed by atoms with E-state index in [9.17, 15) is 8.42 Å². The summed E-state index contributed by atoms with van der Waals surface area (Å²) in [6.07, 6.45) is 38.5. The molecule has 2 aromatic carbocycles. The van der Waals surface area contributed by atoms with Gasteiger partial charge >= 0.3 is 0 Å². The molecule has 0 fully saturated rings. The molecule has 0 bridgehead atoms. The zero-order chi connectivity index (χ0) is 36.7. The van der Waals surface area contributed by atoms with Gasteiger partial charge in [-0.1, -0.05) is 198 Å². The highest BCUT2D eigenvalue weighted by Crippen LogP contribution is 2.20. The van der Waals surface area contributed by atoms with Gasteiger partial charge in [-0.15, -0.1) is 0 Å². The van der Waals surface area contributed by atoms with Crippen LogP contribution in [0.2, 0.25) is 0 Å². The summed E-state index contributed by atoms with van der Waals surface area (Å²) in [6.45, 7) is 4.88. The predicted octanol–water partition coefficient (Wildman–Crippen LogP) is 14.0. The van der Waals surface area contributed by atoms with Crippen molar-refractivity contribution >= 4 is 27.7 Å². The van der Waals surface area contributed by atoms with E-state index in [4.69, 9.17) is 5.11 Å². The summed E-state index contributed by atoms with van der Waals surface area (Å²) >= 11 is 0. The largest absolute Gasteiger partial charge is 0.396 e. The third-order valence-electron chi connectivity index (χ3n) is 10.5. The number of aliphatic hydroxyl groups excluding tert-OH is 1. The Morgan fingerprint density at radius 3 is 1.35 bits per heavy atom. The molecule has 2 N–H and O–H groups in total. The van der Waals surface area contributed by atoms with Gasteiger partial charge in [-0.3, -0.25) is 0 Å². The first-order chi connectivity index (χ1) is 25.0. The van der Waals surface area contributed by atoms with Crippen LogP contribution in [0.15, 0.2) is 53.4 Å². The molecule has 0 radical (unpaired) electrons. The second-order valence-electron chi connectivity index (χ2n) is 15.1. The van der Waals surface area contributed by atoms with E-state index in [1.54, 1.807) is 12.1 Å². The van der Waals surface area contributed by atoms with E-state index in [1.807, 2.05) is 12.1 Å². The van der Waals surface area contributed by atoms with Gasteiger partial charge in [0.25, 0.3) is 0 Å². The van der Waals surface area contributed by atoms with Crippen molar-refractivity contribution in [3.63, 3.8) is 0 Å². The Hall–Kier alpha value is -2.11. The van der Waals surface area contributed by atoms with E-state index >= 15 is 0 Å². The molecule has 0 amide bonds. The fourth-order valence-electron chi connectivity index (χ4n) is 6.98. The smallest absolute Gasteiger partial charge is 0.178 e. The minimum absolute atomic E-state index is 0.224. The number of anilines is 1. The molecule has 0 aliphatic carbocycles. The Balaban J connectivity index is 1.57. The molecule has 5 heteroatoms. The molecule has 1 atom stereocenters. The van der Waals surface area contributed by atoms with Crippen molar-refractivity contribution in [2.24, 2.45) is 0 Å². The summed E-state index contributed by atoms with van der Waals surface area (Å²) in [6, 6.07) is 16.5. The Morgan fingerprint density at radius 1 is 0.529 bits per heavy atom. The lowest BCUT2D eigenvalue weighted by Crippen LogP contribution is -2.18. The molecule has 0 spiro atoms. The maximum Gasteiger partial charge on any atom is 0.178 e. The van der Waals surface area contributed by atoms with Crippen LogP contribution >= 0.6 is 0 Å². The third kappa shape index (κ3) is 23.2. The summed E-state index contributed by atoms with van der Waals surface area (Å²) in [5.41, 5.74) is 3.32. The highest BCUT2D eigenvalue weighted by Gasteiger charge is 2.13. The van der Waals surface area contributed by atoms with Gasteiger partial charge in [-0.05, 0) is 61.1 Å². The number of hydrogen-bond acceptors (Lipinski definition) is 4. The molecule has 1 unspecified atom stereocenters. The molecule has 0 aromatic heterocycles. The van der Waals surface area contributed by atoms with Crippen LogP contribution in [-0.4, -0.2) is 31.9 Å². The SMILES string of the molecule is CCCCCCCCCCCCCCCCCC(CC)Nc1ccc(C=Cc2ccc(S(=O)(=O)CCCCCCCCCCCCO)cc2)cc1. The molecule has 4 nitrogen and oxygen atoms in total. The number of sulfone groups is 1. The first kappa shape index (κ1) is 45.0. The second-order valence-corrected chi connectivity index (χ2v) is 17.2. The molecule has 2 rings (SSSR count). The molecule has 0 aliphatic rings. The highest BCUT2D eigenvalue weighted by atomic mass is 32.2. The summed E-state index contributed by atoms with van der Waals surface area (Å²) in [7, 11) is -3.24. The maximum absolute atomic E-state index is 12.9. The summed E-state index contributed by atoms with van der Waals surface area (Å²) < 4.78 is 25.7. The van der Waals surface area contributed by atoms with E-state index in [1.165, 1.54) is 141 Å². The second kappa shape index (κ2) is 30.4. The molecule has 0 saturated carbocycles. The lowest BCUT2D eigenvalue weighted by atomic mass is 10.0. The zero-order valence-electron chi connectivity index (χ0n) is 33.0. The topological polar surface area (TPSA) is 66.4 Å². The molecule has 2 aromatic rings. The van der Waals surface area contributed by atoms with Gasteiger partial charge in [0.1, 0.15) is 0 Å². The lowest BCUT2D eigenvalue weighted by molar-refractivity contribution is 0.282. The van der Waals surface area contributed by atoms with E-state index in [2.05, 4.69) is 55.6 Å². The van der Waals surface area contributed by atoms with Gasteiger partial charge in [0.05, 0.1) is 10.6 Å². The highest BCUT2D eigenvalue weighted by molar-refractivity contribution is 7.91. The minimum Gasteiger partial charge on any atom is -0.396 e. The van der Waals surface area contributed by atoms with Crippen LogP contribution < -0.4 is 5.32 Å². The van der Waals surface area contributed by atoms with E-state index in [0.717, 1.165) is 49.7 Å². The van der Waals surface area contributed by atoms with Crippen molar-refractivity contribution in [3.05, 3.63) is 59.7 Å². The summed E-state index contributed by atoms with van der Waals surface area (Å²) in [4.78, 5) is 0.424. The van der Waals surface area contributed by atoms with Gasteiger partial charge in [0.2, 0.25) is 0 Å². The van der Waals surface area contributed by atoms with Crippen LogP contribution in [0.5, 0.6) is 0 Å². The Kier molecular flexibility index (Phi) is 26.8. The van der Waals surface area contributed by atoms with Crippen molar-refractivity contribution in [3.8, 4) is 0 Å². The van der Waals surface area contributed by atoms with Gasteiger partial charge < -0.3 is 10.4 Å². The van der Waals surface area contributed by atoms with Gasteiger partial charge in [0, 0.05) is 18.3 Å². The number of hydrogen-bond donors (Lipinski definition) is 2. The number of unbranched alkanes of at least 4 members (excludes halogenated alkanes) is 23. The fraction of sp³-hybridized carbons (Fsp3) is 0.696. The maximum atomic E-state index is 12.9. The lowest BCUT2D eigenvalue weighted by Gasteiger charge is -2.18. The molecule has 0 saturated heterocycles. The molecule has 0 aliphatic heterocycles. The Bertz CT molecular complexity index is 1210. The van der Waals surface area contributed by atoms with Gasteiger partial charge in [-0.25, -0.2) is 8.42 Å². The number of benzene rings is 2. The van der Waals surface area contributed by atoms with Crippen LogP contribution in [0.3, 0.4) is 0 Å². The van der Waals surface area contributed by atoms with Crippen LogP contribution in [0, 0.1) is 0 Å². The molecule has 290 valence electrons. The predicted molar refractivity (Wildman–Crippen MR) is 224 cm³/mol. The van der Waals surface area contributed by atoms with Crippen molar-refractivity contribution in [2.45, 2.75) is 198 Å². The van der Waals surface area contributed by atoms with Crippen molar-refractivity contribution < 1.29 is 13.5 Å². The summed E-state index contributed by atoms with van der Waals surface area (Å²) in [5.74, 6) is 0.224. The summed E-state index contributed by atoms with van der Waals surface area (Å²) in [5, 5.41) is 12.6. The number of nitrogens with one attached hydrogen (secondary N) is 1. The van der Waals surface area contributed by atoms with Crippen LogP contribution in [0.4, 0.5) is 5.69 Å². The minimum atomic E-state index is -3.24. The fourth-order valence-corrected chi connectivity index (χ4v) is 8.35. The Labute approximate surface area is 315 Å². The number of rotatable bonds is 34. The van der Waals surface area contributed by atoms with Crippen molar-refractivity contribution in [1.29, 1.82) is 0 Å². The number of aliphatic hydroxyl groups is 1. The van der Waals surface area contributed by atoms with Crippen LogP contribution in [-0.2, 0) is 9.84 Å². The van der Waals surface area contributed by atoms with Gasteiger partial charge in [0.15, 0.2) is 9.84 Å². The third-order valence-corrected chi connectivity index (χ3v) is 12.3. The zero-order valence-corrected chi connectivity index (χ0v) is 33.8. The first-order valence-electron chi connectivity index (χ1n) is 21.5.